The number of carbonyl (C=O) groups is 1. The molecule has 0 atom stereocenters. The topological polar surface area (TPSA) is 52.6 Å². The Labute approximate surface area is 113 Å². The van der Waals surface area contributed by atoms with Crippen LogP contribution >= 0.6 is 0 Å². The summed E-state index contributed by atoms with van der Waals surface area (Å²) in [5.41, 5.74) is 1.88. The number of aldehydes is 1. The van der Waals surface area contributed by atoms with Gasteiger partial charge in [-0.3, -0.25) is 4.79 Å². The predicted octanol–water partition coefficient (Wildman–Crippen LogP) is 1.78. The van der Waals surface area contributed by atoms with Gasteiger partial charge in [0, 0.05) is 31.4 Å². The summed E-state index contributed by atoms with van der Waals surface area (Å²) >= 11 is 0. The van der Waals surface area contributed by atoms with Gasteiger partial charge in [-0.1, -0.05) is 0 Å². The maximum absolute atomic E-state index is 10.7. The zero-order valence-electron chi connectivity index (χ0n) is 11.1. The summed E-state index contributed by atoms with van der Waals surface area (Å²) in [4.78, 5) is 13.0. The molecule has 0 aliphatic carbocycles. The quantitative estimate of drug-likeness (QED) is 0.796. The van der Waals surface area contributed by atoms with Gasteiger partial charge in [0.2, 0.25) is 0 Å². The molecule has 2 heterocycles. The molecular weight excluding hydrogens is 240 g/mol. The van der Waals surface area contributed by atoms with Crippen molar-refractivity contribution in [3.63, 3.8) is 0 Å². The first-order chi connectivity index (χ1) is 9.22. The molecule has 102 valence electrons. The van der Waals surface area contributed by atoms with E-state index >= 15 is 0 Å². The molecule has 2 aliphatic heterocycles. The first kappa shape index (κ1) is 12.5. The van der Waals surface area contributed by atoms with Gasteiger partial charge < -0.3 is 15.3 Å². The van der Waals surface area contributed by atoms with Crippen LogP contribution < -0.4 is 10.2 Å². The first-order valence-electron chi connectivity index (χ1n) is 6.96. The Morgan fingerprint density at radius 3 is 2.63 bits per heavy atom. The molecule has 1 spiro atoms. The SMILES string of the molecule is O=Cc1ccc(N2CCC3(CCNC3)CC2)cc1O. The first-order valence-corrected chi connectivity index (χ1v) is 6.96. The molecule has 1 aromatic rings. The lowest BCUT2D eigenvalue weighted by Crippen LogP contribution is -2.41. The van der Waals surface area contributed by atoms with Gasteiger partial charge in [0.1, 0.15) is 5.75 Å². The van der Waals surface area contributed by atoms with E-state index in [2.05, 4.69) is 10.2 Å². The average molecular weight is 260 g/mol. The van der Waals surface area contributed by atoms with Crippen molar-refractivity contribution in [3.8, 4) is 5.75 Å². The third-order valence-corrected chi connectivity index (χ3v) is 4.66. The van der Waals surface area contributed by atoms with E-state index in [1.165, 1.54) is 19.3 Å². The number of phenolic OH excluding ortho intramolecular Hbond substituents is 1. The molecule has 19 heavy (non-hydrogen) atoms. The number of anilines is 1. The van der Waals surface area contributed by atoms with Crippen molar-refractivity contribution in [2.45, 2.75) is 19.3 Å². The fourth-order valence-electron chi connectivity index (χ4n) is 3.29. The maximum Gasteiger partial charge on any atom is 0.153 e. The molecule has 4 heteroatoms. The lowest BCUT2D eigenvalue weighted by atomic mass is 9.78. The highest BCUT2D eigenvalue weighted by Gasteiger charge is 2.36. The summed E-state index contributed by atoms with van der Waals surface area (Å²) in [6.45, 7) is 4.36. The number of phenols is 1. The van der Waals surface area contributed by atoms with Crippen LogP contribution in [-0.2, 0) is 0 Å². The fourth-order valence-corrected chi connectivity index (χ4v) is 3.29. The zero-order valence-corrected chi connectivity index (χ0v) is 11.1. The maximum atomic E-state index is 10.7. The highest BCUT2D eigenvalue weighted by atomic mass is 16.3. The van der Waals surface area contributed by atoms with Crippen LogP contribution in [0.25, 0.3) is 0 Å². The van der Waals surface area contributed by atoms with Crippen LogP contribution in [0, 0.1) is 5.41 Å². The standard InChI is InChI=1S/C15H20N2O2/c18-10-12-1-2-13(9-14(12)19)17-7-4-15(5-8-17)3-6-16-11-15/h1-2,9-10,16,19H,3-8,11H2. The fraction of sp³-hybridized carbons (Fsp3) is 0.533. The second kappa shape index (κ2) is 4.85. The van der Waals surface area contributed by atoms with Crippen LogP contribution in [0.5, 0.6) is 5.75 Å². The van der Waals surface area contributed by atoms with Crippen molar-refractivity contribution < 1.29 is 9.90 Å². The summed E-state index contributed by atoms with van der Waals surface area (Å²) in [5, 5.41) is 13.2. The van der Waals surface area contributed by atoms with Crippen LogP contribution in [0.15, 0.2) is 18.2 Å². The lowest BCUT2D eigenvalue weighted by molar-refractivity contribution is 0.112. The molecule has 2 aliphatic rings. The summed E-state index contributed by atoms with van der Waals surface area (Å²) in [6, 6.07) is 5.32. The van der Waals surface area contributed by atoms with Crippen LogP contribution in [0.1, 0.15) is 29.6 Å². The summed E-state index contributed by atoms with van der Waals surface area (Å²) in [7, 11) is 0. The third-order valence-electron chi connectivity index (χ3n) is 4.66. The van der Waals surface area contributed by atoms with Gasteiger partial charge in [-0.05, 0) is 43.4 Å². The van der Waals surface area contributed by atoms with Crippen molar-refractivity contribution in [1.82, 2.24) is 5.32 Å². The van der Waals surface area contributed by atoms with Gasteiger partial charge in [0.15, 0.2) is 6.29 Å². The number of aromatic hydroxyl groups is 1. The van der Waals surface area contributed by atoms with E-state index in [1.807, 2.05) is 6.07 Å². The zero-order chi connectivity index (χ0) is 13.3. The summed E-state index contributed by atoms with van der Waals surface area (Å²) in [5.74, 6) is 0.0790. The molecule has 2 saturated heterocycles. The number of nitrogens with one attached hydrogen (secondary N) is 1. The molecule has 0 amide bonds. The van der Waals surface area contributed by atoms with Crippen molar-refractivity contribution >= 4 is 12.0 Å². The van der Waals surface area contributed by atoms with E-state index in [1.54, 1.807) is 12.1 Å². The highest BCUT2D eigenvalue weighted by molar-refractivity contribution is 5.80. The van der Waals surface area contributed by atoms with Gasteiger partial charge in [-0.15, -0.1) is 0 Å². The van der Waals surface area contributed by atoms with Gasteiger partial charge in [-0.2, -0.15) is 0 Å². The normalized spacial score (nSPS) is 21.8. The third kappa shape index (κ3) is 2.32. The van der Waals surface area contributed by atoms with E-state index < -0.39 is 0 Å². The van der Waals surface area contributed by atoms with Crippen molar-refractivity contribution in [1.29, 1.82) is 0 Å². The van der Waals surface area contributed by atoms with E-state index in [0.29, 0.717) is 17.3 Å². The molecule has 0 saturated carbocycles. The Hall–Kier alpha value is -1.55. The Balaban J connectivity index is 1.71. The lowest BCUT2D eigenvalue weighted by Gasteiger charge is -2.40. The number of piperidine rings is 1. The predicted molar refractivity (Wildman–Crippen MR) is 74.9 cm³/mol. The molecule has 2 fully saturated rings. The number of benzene rings is 1. The largest absolute Gasteiger partial charge is 0.507 e. The van der Waals surface area contributed by atoms with Gasteiger partial charge in [0.25, 0.3) is 0 Å². The summed E-state index contributed by atoms with van der Waals surface area (Å²) in [6.07, 6.45) is 4.39. The monoisotopic (exact) mass is 260 g/mol. The minimum absolute atomic E-state index is 0.0790. The minimum atomic E-state index is 0.0790. The Morgan fingerprint density at radius 2 is 2.05 bits per heavy atom. The van der Waals surface area contributed by atoms with Crippen LogP contribution in [0.2, 0.25) is 0 Å². The molecular formula is C15H20N2O2. The Morgan fingerprint density at radius 1 is 1.26 bits per heavy atom. The van der Waals surface area contributed by atoms with E-state index in [4.69, 9.17) is 0 Å². The van der Waals surface area contributed by atoms with Crippen molar-refractivity contribution in [3.05, 3.63) is 23.8 Å². The Bertz CT molecular complexity index is 471. The van der Waals surface area contributed by atoms with Crippen molar-refractivity contribution in [2.24, 2.45) is 5.41 Å². The highest BCUT2D eigenvalue weighted by Crippen LogP contribution is 2.38. The van der Waals surface area contributed by atoms with Gasteiger partial charge in [-0.25, -0.2) is 0 Å². The molecule has 0 aromatic heterocycles. The van der Waals surface area contributed by atoms with E-state index in [0.717, 1.165) is 31.9 Å². The number of hydrogen-bond donors (Lipinski definition) is 2. The molecule has 4 nitrogen and oxygen atoms in total. The molecule has 3 rings (SSSR count). The molecule has 0 unspecified atom stereocenters. The molecule has 2 N–H and O–H groups in total. The molecule has 0 bridgehead atoms. The number of rotatable bonds is 2. The number of carbonyl (C=O) groups excluding carboxylic acids is 1. The molecule has 0 radical (unpaired) electrons. The average Bonchev–Trinajstić information content (AvgIpc) is 2.88. The van der Waals surface area contributed by atoms with Crippen LogP contribution in [0.4, 0.5) is 5.69 Å². The van der Waals surface area contributed by atoms with E-state index in [9.17, 15) is 9.90 Å². The van der Waals surface area contributed by atoms with Crippen molar-refractivity contribution in [2.75, 3.05) is 31.1 Å². The number of hydrogen-bond acceptors (Lipinski definition) is 4. The second-order valence-electron chi connectivity index (χ2n) is 5.77. The minimum Gasteiger partial charge on any atom is -0.507 e. The van der Waals surface area contributed by atoms with Gasteiger partial charge >= 0.3 is 0 Å². The summed E-state index contributed by atoms with van der Waals surface area (Å²) < 4.78 is 0. The van der Waals surface area contributed by atoms with Crippen LogP contribution in [-0.4, -0.2) is 37.6 Å². The van der Waals surface area contributed by atoms with Gasteiger partial charge in [0.05, 0.1) is 5.56 Å². The van der Waals surface area contributed by atoms with Crippen LogP contribution in [0.3, 0.4) is 0 Å². The smallest absolute Gasteiger partial charge is 0.153 e. The second-order valence-corrected chi connectivity index (χ2v) is 5.77. The Kier molecular flexibility index (Phi) is 3.19. The number of nitrogens with zero attached hydrogens (tertiary/aromatic N) is 1. The van der Waals surface area contributed by atoms with E-state index in [-0.39, 0.29) is 5.75 Å². The molecule has 1 aromatic carbocycles.